The van der Waals surface area contributed by atoms with Gasteiger partial charge in [0.15, 0.2) is 0 Å². The fourth-order valence-electron chi connectivity index (χ4n) is 3.00. The summed E-state index contributed by atoms with van der Waals surface area (Å²) in [6.07, 6.45) is -4.96. The van der Waals surface area contributed by atoms with Crippen LogP contribution in [0.1, 0.15) is 16.9 Å². The number of ether oxygens (including phenoxy) is 2. The molecule has 0 saturated carbocycles. The number of halogens is 4. The summed E-state index contributed by atoms with van der Waals surface area (Å²) in [4.78, 5) is 12.8. The fourth-order valence-corrected chi connectivity index (χ4v) is 3.00. The zero-order chi connectivity index (χ0) is 22.9. The number of alkyl halides is 3. The number of hydrogen-bond acceptors (Lipinski definition) is 4. The molecule has 0 bridgehead atoms. The van der Waals surface area contributed by atoms with Crippen molar-refractivity contribution in [3.05, 3.63) is 99.7 Å². The Hall–Kier alpha value is -3.81. The average Bonchev–Trinajstić information content (AvgIpc) is 2.75. The van der Waals surface area contributed by atoms with Gasteiger partial charge in [-0.3, -0.25) is 4.79 Å². The lowest BCUT2D eigenvalue weighted by atomic mass is 10.2. The summed E-state index contributed by atoms with van der Waals surface area (Å²) < 4.78 is 69.8. The lowest BCUT2D eigenvalue weighted by Gasteiger charge is -2.14. The van der Waals surface area contributed by atoms with E-state index in [0.29, 0.717) is 5.56 Å². The first kappa shape index (κ1) is 21.4. The topological polar surface area (TPSA) is 48.7 Å². The Balaban J connectivity index is 1.71. The van der Waals surface area contributed by atoms with Gasteiger partial charge >= 0.3 is 6.18 Å². The van der Waals surface area contributed by atoms with Crippen LogP contribution in [0.4, 0.5) is 17.6 Å². The van der Waals surface area contributed by atoms with Crippen molar-refractivity contribution in [1.29, 1.82) is 0 Å². The quantitative estimate of drug-likeness (QED) is 0.324. The molecule has 3 aromatic carbocycles. The van der Waals surface area contributed by atoms with Crippen LogP contribution in [0.5, 0.6) is 17.2 Å². The summed E-state index contributed by atoms with van der Waals surface area (Å²) in [5, 5.41) is -0.0887. The number of hydrogen-bond donors (Lipinski definition) is 0. The van der Waals surface area contributed by atoms with E-state index in [1.165, 1.54) is 54.6 Å². The van der Waals surface area contributed by atoms with Gasteiger partial charge in [0.2, 0.25) is 11.2 Å². The Labute approximate surface area is 179 Å². The Morgan fingerprint density at radius 1 is 0.906 bits per heavy atom. The fraction of sp³-hybridized carbons (Fsp3) is 0.125. The predicted octanol–water partition coefficient (Wildman–Crippen LogP) is 6.63. The van der Waals surface area contributed by atoms with Crippen molar-refractivity contribution in [3.8, 4) is 17.2 Å². The van der Waals surface area contributed by atoms with Crippen molar-refractivity contribution in [2.75, 3.05) is 0 Å². The van der Waals surface area contributed by atoms with Gasteiger partial charge in [-0.1, -0.05) is 29.8 Å². The SMILES string of the molecule is Cc1ccc(Oc2c(C(F)(F)F)oc3cc(OCc4ccc(F)cc4)ccc3c2=O)cc1. The smallest absolute Gasteiger partial charge is 0.453 e. The van der Waals surface area contributed by atoms with Crippen molar-refractivity contribution in [2.24, 2.45) is 0 Å². The zero-order valence-corrected chi connectivity index (χ0v) is 16.7. The molecular formula is C24H16F4O4. The minimum Gasteiger partial charge on any atom is -0.489 e. The first-order valence-corrected chi connectivity index (χ1v) is 9.50. The highest BCUT2D eigenvalue weighted by atomic mass is 19.4. The van der Waals surface area contributed by atoms with Crippen molar-refractivity contribution in [3.63, 3.8) is 0 Å². The van der Waals surface area contributed by atoms with Crippen LogP contribution in [0.2, 0.25) is 0 Å². The van der Waals surface area contributed by atoms with Crippen LogP contribution in [0, 0.1) is 12.7 Å². The van der Waals surface area contributed by atoms with Crippen LogP contribution >= 0.6 is 0 Å². The van der Waals surface area contributed by atoms with E-state index in [2.05, 4.69) is 0 Å². The monoisotopic (exact) mass is 444 g/mol. The third-order valence-electron chi connectivity index (χ3n) is 4.64. The molecule has 4 aromatic rings. The number of aryl methyl sites for hydroxylation is 1. The highest BCUT2D eigenvalue weighted by Gasteiger charge is 2.40. The van der Waals surface area contributed by atoms with Crippen molar-refractivity contribution < 1.29 is 31.5 Å². The summed E-state index contributed by atoms with van der Waals surface area (Å²) in [5.41, 5.74) is 0.289. The van der Waals surface area contributed by atoms with Gasteiger partial charge in [-0.25, -0.2) is 4.39 Å². The lowest BCUT2D eigenvalue weighted by molar-refractivity contribution is -0.154. The molecule has 0 aliphatic rings. The third kappa shape index (κ3) is 4.59. The van der Waals surface area contributed by atoms with Crippen LogP contribution in [-0.2, 0) is 12.8 Å². The van der Waals surface area contributed by atoms with Crippen LogP contribution in [0.25, 0.3) is 11.0 Å². The van der Waals surface area contributed by atoms with E-state index in [9.17, 15) is 22.4 Å². The van der Waals surface area contributed by atoms with E-state index in [1.807, 2.05) is 6.92 Å². The maximum Gasteiger partial charge on any atom is 0.453 e. The second-order valence-corrected chi connectivity index (χ2v) is 7.08. The molecule has 164 valence electrons. The van der Waals surface area contributed by atoms with Gasteiger partial charge in [0.05, 0.1) is 5.39 Å². The summed E-state index contributed by atoms with van der Waals surface area (Å²) in [6, 6.07) is 15.7. The summed E-state index contributed by atoms with van der Waals surface area (Å²) >= 11 is 0. The maximum absolute atomic E-state index is 13.7. The molecule has 1 heterocycles. The van der Waals surface area contributed by atoms with Gasteiger partial charge in [0.1, 0.15) is 29.5 Å². The maximum atomic E-state index is 13.7. The second kappa shape index (κ2) is 8.37. The second-order valence-electron chi connectivity index (χ2n) is 7.08. The molecule has 0 atom stereocenters. The minimum atomic E-state index is -4.96. The molecule has 0 fully saturated rings. The Bertz CT molecular complexity index is 1310. The molecule has 8 heteroatoms. The summed E-state index contributed by atoms with van der Waals surface area (Å²) in [6.45, 7) is 1.86. The highest BCUT2D eigenvalue weighted by molar-refractivity contribution is 5.79. The summed E-state index contributed by atoms with van der Waals surface area (Å²) in [5.74, 6) is -2.61. The first-order valence-electron chi connectivity index (χ1n) is 9.50. The van der Waals surface area contributed by atoms with E-state index in [-0.39, 0.29) is 29.1 Å². The van der Waals surface area contributed by atoms with E-state index < -0.39 is 28.9 Å². The van der Waals surface area contributed by atoms with E-state index >= 15 is 0 Å². The molecule has 1 aromatic heterocycles. The first-order chi connectivity index (χ1) is 15.2. The lowest BCUT2D eigenvalue weighted by Crippen LogP contribution is -2.15. The highest BCUT2D eigenvalue weighted by Crippen LogP contribution is 2.38. The van der Waals surface area contributed by atoms with Crippen molar-refractivity contribution >= 4 is 11.0 Å². The Kier molecular flexibility index (Phi) is 5.61. The number of rotatable bonds is 5. The Morgan fingerprint density at radius 3 is 2.22 bits per heavy atom. The molecule has 0 spiro atoms. The Morgan fingerprint density at radius 2 is 1.56 bits per heavy atom. The number of benzene rings is 3. The number of fused-ring (bicyclic) bond motifs is 1. The largest absolute Gasteiger partial charge is 0.489 e. The third-order valence-corrected chi connectivity index (χ3v) is 4.64. The molecule has 4 rings (SSSR count). The molecule has 0 aliphatic carbocycles. The van der Waals surface area contributed by atoms with Gasteiger partial charge < -0.3 is 13.9 Å². The van der Waals surface area contributed by atoms with E-state index in [0.717, 1.165) is 5.56 Å². The molecule has 0 aliphatic heterocycles. The zero-order valence-electron chi connectivity index (χ0n) is 16.7. The van der Waals surface area contributed by atoms with Crippen LogP contribution < -0.4 is 14.9 Å². The minimum absolute atomic E-state index is 0.0523. The van der Waals surface area contributed by atoms with E-state index in [4.69, 9.17) is 13.9 Å². The molecule has 32 heavy (non-hydrogen) atoms. The normalized spacial score (nSPS) is 11.5. The van der Waals surface area contributed by atoms with Gasteiger partial charge in [-0.15, -0.1) is 0 Å². The van der Waals surface area contributed by atoms with Crippen molar-refractivity contribution in [1.82, 2.24) is 0 Å². The molecule has 0 unspecified atom stereocenters. The standard InChI is InChI=1S/C24H16F4O4/c1-14-2-8-17(9-3-14)31-22-21(29)19-11-10-18(12-20(19)32-23(22)24(26,27)28)30-13-15-4-6-16(25)7-5-15/h2-12H,13H2,1H3. The van der Waals surface area contributed by atoms with Gasteiger partial charge in [-0.2, -0.15) is 13.2 Å². The van der Waals surface area contributed by atoms with Gasteiger partial charge in [0, 0.05) is 6.07 Å². The molecule has 0 radical (unpaired) electrons. The molecule has 0 amide bonds. The van der Waals surface area contributed by atoms with Gasteiger partial charge in [-0.05, 0) is 48.9 Å². The molecule has 0 saturated heterocycles. The van der Waals surface area contributed by atoms with Crippen LogP contribution in [-0.4, -0.2) is 0 Å². The summed E-state index contributed by atoms with van der Waals surface area (Å²) in [7, 11) is 0. The van der Waals surface area contributed by atoms with Gasteiger partial charge in [0.25, 0.3) is 5.76 Å². The van der Waals surface area contributed by atoms with E-state index in [1.54, 1.807) is 12.1 Å². The molecule has 0 N–H and O–H groups in total. The predicted molar refractivity (Wildman–Crippen MR) is 109 cm³/mol. The van der Waals surface area contributed by atoms with Crippen LogP contribution in [0.15, 0.2) is 75.9 Å². The van der Waals surface area contributed by atoms with Crippen molar-refractivity contribution in [2.45, 2.75) is 19.7 Å². The molecular weight excluding hydrogens is 428 g/mol. The average molecular weight is 444 g/mol. The molecule has 4 nitrogen and oxygen atoms in total. The van der Waals surface area contributed by atoms with Crippen LogP contribution in [0.3, 0.4) is 0 Å².